The van der Waals surface area contributed by atoms with Crippen LogP contribution in [0.5, 0.6) is 0 Å². The SMILES string of the molecule is Cc1cc(C)c2sc(=NC(=O)c3cccc(SC(C)C)c3)n(C)c2c1. The van der Waals surface area contributed by atoms with Gasteiger partial charge in [-0.25, -0.2) is 0 Å². The van der Waals surface area contributed by atoms with Crippen LogP contribution in [0.3, 0.4) is 0 Å². The van der Waals surface area contributed by atoms with Crippen LogP contribution in [0.1, 0.15) is 35.3 Å². The van der Waals surface area contributed by atoms with Crippen molar-refractivity contribution in [3.05, 3.63) is 57.9 Å². The third-order valence-electron chi connectivity index (χ3n) is 3.89. The second-order valence-electron chi connectivity index (χ2n) is 6.49. The van der Waals surface area contributed by atoms with Crippen molar-refractivity contribution in [2.24, 2.45) is 12.0 Å². The first-order valence-corrected chi connectivity index (χ1v) is 9.97. The van der Waals surface area contributed by atoms with Gasteiger partial charge in [-0.05, 0) is 49.2 Å². The molecule has 0 aliphatic rings. The molecule has 0 saturated heterocycles. The minimum absolute atomic E-state index is 0.192. The number of thiazole rings is 1. The van der Waals surface area contributed by atoms with Crippen molar-refractivity contribution in [3.8, 4) is 0 Å². The summed E-state index contributed by atoms with van der Waals surface area (Å²) in [4.78, 5) is 18.9. The van der Waals surface area contributed by atoms with Crippen molar-refractivity contribution in [1.29, 1.82) is 0 Å². The fourth-order valence-corrected chi connectivity index (χ4v) is 4.76. The van der Waals surface area contributed by atoms with Crippen LogP contribution in [0.15, 0.2) is 46.3 Å². The molecule has 0 bridgehead atoms. The van der Waals surface area contributed by atoms with Crippen LogP contribution in [0, 0.1) is 13.8 Å². The number of aromatic nitrogens is 1. The number of hydrogen-bond acceptors (Lipinski definition) is 3. The van der Waals surface area contributed by atoms with Crippen molar-refractivity contribution < 1.29 is 4.79 Å². The Labute approximate surface area is 156 Å². The van der Waals surface area contributed by atoms with Gasteiger partial charge in [-0.15, -0.1) is 11.8 Å². The molecule has 0 atom stereocenters. The average Bonchev–Trinajstić information content (AvgIpc) is 2.84. The number of fused-ring (bicyclic) bond motifs is 1. The van der Waals surface area contributed by atoms with E-state index in [1.54, 1.807) is 23.1 Å². The summed E-state index contributed by atoms with van der Waals surface area (Å²) in [5.41, 5.74) is 4.20. The Morgan fingerprint density at radius 1 is 1.20 bits per heavy atom. The molecular weight excluding hydrogens is 348 g/mol. The number of thioether (sulfide) groups is 1. The molecule has 5 heteroatoms. The predicted molar refractivity (Wildman–Crippen MR) is 108 cm³/mol. The van der Waals surface area contributed by atoms with Crippen molar-refractivity contribution in [3.63, 3.8) is 0 Å². The summed E-state index contributed by atoms with van der Waals surface area (Å²) in [6, 6.07) is 12.0. The molecule has 2 aromatic carbocycles. The molecule has 1 heterocycles. The lowest BCUT2D eigenvalue weighted by Gasteiger charge is -2.05. The van der Waals surface area contributed by atoms with Crippen molar-refractivity contribution in [2.75, 3.05) is 0 Å². The smallest absolute Gasteiger partial charge is 0.279 e. The van der Waals surface area contributed by atoms with Crippen LogP contribution >= 0.6 is 23.1 Å². The Balaban J connectivity index is 2.03. The van der Waals surface area contributed by atoms with Gasteiger partial charge in [-0.2, -0.15) is 4.99 Å². The number of benzene rings is 2. The summed E-state index contributed by atoms with van der Waals surface area (Å²) in [6.45, 7) is 8.48. The maximum Gasteiger partial charge on any atom is 0.279 e. The van der Waals surface area contributed by atoms with E-state index in [0.29, 0.717) is 10.8 Å². The highest BCUT2D eigenvalue weighted by Crippen LogP contribution is 2.24. The van der Waals surface area contributed by atoms with Gasteiger partial charge in [0.05, 0.1) is 10.2 Å². The van der Waals surface area contributed by atoms with Gasteiger partial charge in [0.1, 0.15) is 0 Å². The Morgan fingerprint density at radius 2 is 1.96 bits per heavy atom. The fraction of sp³-hybridized carbons (Fsp3) is 0.300. The number of carbonyl (C=O) groups is 1. The number of rotatable bonds is 3. The quantitative estimate of drug-likeness (QED) is 0.601. The average molecular weight is 371 g/mol. The molecular formula is C20H22N2OS2. The van der Waals surface area contributed by atoms with E-state index < -0.39 is 0 Å². The molecule has 0 aliphatic heterocycles. The number of hydrogen-bond donors (Lipinski definition) is 0. The summed E-state index contributed by atoms with van der Waals surface area (Å²) in [5.74, 6) is -0.192. The second kappa shape index (κ2) is 7.18. The summed E-state index contributed by atoms with van der Waals surface area (Å²) in [5, 5.41) is 0.480. The molecule has 1 aromatic heterocycles. The maximum atomic E-state index is 12.7. The van der Waals surface area contributed by atoms with E-state index in [1.807, 2.05) is 35.9 Å². The Hall–Kier alpha value is -1.85. The highest BCUT2D eigenvalue weighted by Gasteiger charge is 2.10. The van der Waals surface area contributed by atoms with Gasteiger partial charge in [0.2, 0.25) is 0 Å². The van der Waals surface area contributed by atoms with Gasteiger partial charge < -0.3 is 4.57 Å². The molecule has 0 saturated carbocycles. The minimum atomic E-state index is -0.192. The van der Waals surface area contributed by atoms with Gasteiger partial charge in [-0.1, -0.05) is 37.3 Å². The maximum absolute atomic E-state index is 12.7. The van der Waals surface area contributed by atoms with Crippen LogP contribution in [0.4, 0.5) is 0 Å². The minimum Gasteiger partial charge on any atom is -0.319 e. The van der Waals surface area contributed by atoms with Crippen molar-refractivity contribution in [1.82, 2.24) is 4.57 Å². The number of carbonyl (C=O) groups excluding carboxylic acids is 1. The standard InChI is InChI=1S/C20H22N2OS2/c1-12(2)24-16-8-6-7-15(11-16)19(23)21-20-22(5)17-10-13(3)9-14(4)18(17)25-20/h6-12H,1-5H3. The first-order chi connectivity index (χ1) is 11.8. The fourth-order valence-electron chi connectivity index (χ4n) is 2.80. The molecule has 3 nitrogen and oxygen atoms in total. The van der Waals surface area contributed by atoms with Crippen molar-refractivity contribution >= 4 is 39.2 Å². The summed E-state index contributed by atoms with van der Waals surface area (Å²) in [7, 11) is 1.97. The van der Waals surface area contributed by atoms with Crippen LogP contribution in [-0.2, 0) is 7.05 Å². The van der Waals surface area contributed by atoms with E-state index in [4.69, 9.17) is 0 Å². The second-order valence-corrected chi connectivity index (χ2v) is 9.11. The zero-order chi connectivity index (χ0) is 18.1. The molecule has 0 spiro atoms. The zero-order valence-electron chi connectivity index (χ0n) is 15.2. The Morgan fingerprint density at radius 3 is 2.68 bits per heavy atom. The lowest BCUT2D eigenvalue weighted by molar-refractivity contribution is 0.0997. The molecule has 3 aromatic rings. The largest absolute Gasteiger partial charge is 0.319 e. The number of nitrogens with zero attached hydrogens (tertiary/aromatic N) is 2. The van der Waals surface area contributed by atoms with E-state index in [2.05, 4.69) is 44.8 Å². The van der Waals surface area contributed by atoms with E-state index in [1.165, 1.54) is 15.8 Å². The van der Waals surface area contributed by atoms with Crippen LogP contribution in [0.2, 0.25) is 0 Å². The van der Waals surface area contributed by atoms with Gasteiger partial charge in [0.25, 0.3) is 5.91 Å². The summed E-state index contributed by atoms with van der Waals surface area (Å²) in [6.07, 6.45) is 0. The van der Waals surface area contributed by atoms with Crippen LogP contribution in [0.25, 0.3) is 10.2 Å². The summed E-state index contributed by atoms with van der Waals surface area (Å²) < 4.78 is 3.19. The van der Waals surface area contributed by atoms with Gasteiger partial charge in [-0.3, -0.25) is 4.79 Å². The van der Waals surface area contributed by atoms with Gasteiger partial charge in [0, 0.05) is 22.8 Å². The highest BCUT2D eigenvalue weighted by atomic mass is 32.2. The van der Waals surface area contributed by atoms with Gasteiger partial charge in [0.15, 0.2) is 4.80 Å². The van der Waals surface area contributed by atoms with Crippen LogP contribution in [-0.4, -0.2) is 15.7 Å². The monoisotopic (exact) mass is 370 g/mol. The molecule has 0 N–H and O–H groups in total. The lowest BCUT2D eigenvalue weighted by Crippen LogP contribution is -2.13. The van der Waals surface area contributed by atoms with Crippen LogP contribution < -0.4 is 4.80 Å². The zero-order valence-corrected chi connectivity index (χ0v) is 16.8. The van der Waals surface area contributed by atoms with E-state index in [9.17, 15) is 4.79 Å². The van der Waals surface area contributed by atoms with Crippen molar-refractivity contribution in [2.45, 2.75) is 37.8 Å². The topological polar surface area (TPSA) is 34.4 Å². The first-order valence-electron chi connectivity index (χ1n) is 8.27. The Bertz CT molecular complexity index is 1010. The Kier molecular flexibility index (Phi) is 5.16. The number of aryl methyl sites for hydroxylation is 3. The third-order valence-corrected chi connectivity index (χ3v) is 6.17. The van der Waals surface area contributed by atoms with E-state index in [-0.39, 0.29) is 5.91 Å². The van der Waals surface area contributed by atoms with Gasteiger partial charge >= 0.3 is 0 Å². The molecule has 0 aliphatic carbocycles. The third kappa shape index (κ3) is 3.88. The molecule has 0 fully saturated rings. The predicted octanol–water partition coefficient (Wildman–Crippen LogP) is 5.10. The summed E-state index contributed by atoms with van der Waals surface area (Å²) >= 11 is 3.32. The first kappa shape index (κ1) is 18.0. The van der Waals surface area contributed by atoms with E-state index in [0.717, 1.165) is 15.2 Å². The lowest BCUT2D eigenvalue weighted by atomic mass is 10.1. The molecule has 25 heavy (non-hydrogen) atoms. The highest BCUT2D eigenvalue weighted by molar-refractivity contribution is 7.99. The molecule has 0 unspecified atom stereocenters. The molecule has 1 amide bonds. The molecule has 130 valence electrons. The molecule has 3 rings (SSSR count). The normalized spacial score (nSPS) is 12.3. The molecule has 0 radical (unpaired) electrons. The van der Waals surface area contributed by atoms with E-state index >= 15 is 0 Å². The number of amides is 1.